The highest BCUT2D eigenvalue weighted by molar-refractivity contribution is 5.78. The van der Waals surface area contributed by atoms with Crippen LogP contribution in [0.15, 0.2) is 24.3 Å². The summed E-state index contributed by atoms with van der Waals surface area (Å²) in [5.41, 5.74) is 1.52. The highest BCUT2D eigenvalue weighted by Gasteiger charge is 2.53. The topological polar surface area (TPSA) is 38.3 Å². The predicted octanol–water partition coefficient (Wildman–Crippen LogP) is 3.43. The maximum atomic E-state index is 12.1. The minimum absolute atomic E-state index is 0.129. The third-order valence-corrected chi connectivity index (χ3v) is 6.09. The van der Waals surface area contributed by atoms with Gasteiger partial charge in [-0.25, -0.2) is 0 Å². The van der Waals surface area contributed by atoms with Crippen molar-refractivity contribution in [3.63, 3.8) is 0 Å². The number of carbonyl (C=O) groups is 1. The van der Waals surface area contributed by atoms with E-state index in [1.54, 1.807) is 7.11 Å². The summed E-state index contributed by atoms with van der Waals surface area (Å²) in [6, 6.07) is 7.72. The standard InChI is InChI=1S/C19H27NO2/c1-19(2)15-7-6-14(17(19)11-15)12-20-18(21)10-13-4-8-16(22-3)9-5-13/h4-5,8-9,14-15,17H,6-7,10-12H2,1-3H3,(H,20,21)/t14-,15-,17-/m0/s1. The summed E-state index contributed by atoms with van der Waals surface area (Å²) in [4.78, 5) is 12.1. The number of hydrogen-bond donors (Lipinski definition) is 1. The summed E-state index contributed by atoms with van der Waals surface area (Å²) in [5, 5.41) is 3.15. The first-order valence-corrected chi connectivity index (χ1v) is 8.40. The number of fused-ring (bicyclic) bond motifs is 2. The van der Waals surface area contributed by atoms with Crippen molar-refractivity contribution in [1.29, 1.82) is 0 Å². The molecule has 0 spiro atoms. The van der Waals surface area contributed by atoms with E-state index < -0.39 is 0 Å². The van der Waals surface area contributed by atoms with Gasteiger partial charge in [0.15, 0.2) is 0 Å². The molecule has 0 radical (unpaired) electrons. The van der Waals surface area contributed by atoms with Crippen LogP contribution in [0.4, 0.5) is 0 Å². The molecule has 22 heavy (non-hydrogen) atoms. The van der Waals surface area contributed by atoms with Gasteiger partial charge in [-0.1, -0.05) is 26.0 Å². The van der Waals surface area contributed by atoms with Gasteiger partial charge in [-0.2, -0.15) is 0 Å². The van der Waals surface area contributed by atoms with Crippen LogP contribution in [0.25, 0.3) is 0 Å². The highest BCUT2D eigenvalue weighted by atomic mass is 16.5. The van der Waals surface area contributed by atoms with E-state index in [0.717, 1.165) is 29.7 Å². The number of amides is 1. The fourth-order valence-electron chi connectivity index (χ4n) is 4.44. The van der Waals surface area contributed by atoms with Gasteiger partial charge in [-0.05, 0) is 60.1 Å². The SMILES string of the molecule is COc1ccc(CC(=O)NC[C@@H]2CC[C@H]3C[C@@H]2C3(C)C)cc1. The first-order chi connectivity index (χ1) is 10.5. The van der Waals surface area contributed by atoms with Crippen LogP contribution >= 0.6 is 0 Å². The molecule has 2 bridgehead atoms. The van der Waals surface area contributed by atoms with Gasteiger partial charge in [0.1, 0.15) is 5.75 Å². The van der Waals surface area contributed by atoms with E-state index in [1.807, 2.05) is 24.3 Å². The molecule has 0 saturated heterocycles. The van der Waals surface area contributed by atoms with Crippen LogP contribution in [-0.2, 0) is 11.2 Å². The van der Waals surface area contributed by atoms with Crippen LogP contribution in [0.3, 0.4) is 0 Å². The lowest BCUT2D eigenvalue weighted by molar-refractivity contribution is -0.124. The van der Waals surface area contributed by atoms with Crippen LogP contribution in [0.5, 0.6) is 5.75 Å². The molecule has 1 amide bonds. The van der Waals surface area contributed by atoms with Crippen molar-refractivity contribution in [3.05, 3.63) is 29.8 Å². The van der Waals surface area contributed by atoms with Crippen LogP contribution in [0, 0.1) is 23.2 Å². The number of nitrogens with one attached hydrogen (secondary N) is 1. The van der Waals surface area contributed by atoms with Crippen molar-refractivity contribution in [2.45, 2.75) is 39.5 Å². The molecule has 0 heterocycles. The minimum atomic E-state index is 0.129. The zero-order valence-corrected chi connectivity index (χ0v) is 13.9. The van der Waals surface area contributed by atoms with E-state index in [2.05, 4.69) is 19.2 Å². The molecule has 3 aliphatic rings. The van der Waals surface area contributed by atoms with Crippen LogP contribution in [0.1, 0.15) is 38.7 Å². The maximum absolute atomic E-state index is 12.1. The Balaban J connectivity index is 1.48. The fraction of sp³-hybridized carbons (Fsp3) is 0.632. The van der Waals surface area contributed by atoms with Gasteiger partial charge in [-0.3, -0.25) is 4.79 Å². The molecule has 1 N–H and O–H groups in total. The third kappa shape index (κ3) is 2.86. The second kappa shape index (κ2) is 5.94. The Labute approximate surface area is 133 Å². The molecule has 1 aromatic carbocycles. The predicted molar refractivity (Wildman–Crippen MR) is 87.8 cm³/mol. The van der Waals surface area contributed by atoms with Gasteiger partial charge in [0.25, 0.3) is 0 Å². The van der Waals surface area contributed by atoms with E-state index in [0.29, 0.717) is 17.8 Å². The lowest BCUT2D eigenvalue weighted by Gasteiger charge is -2.60. The molecular formula is C19H27NO2. The first-order valence-electron chi connectivity index (χ1n) is 8.40. The molecule has 3 saturated carbocycles. The average Bonchev–Trinajstić information content (AvgIpc) is 2.53. The second-order valence-corrected chi connectivity index (χ2v) is 7.53. The molecular weight excluding hydrogens is 274 g/mol. The zero-order chi connectivity index (χ0) is 15.7. The van der Waals surface area contributed by atoms with Gasteiger partial charge in [0.05, 0.1) is 13.5 Å². The molecule has 0 unspecified atom stereocenters. The summed E-state index contributed by atoms with van der Waals surface area (Å²) < 4.78 is 5.14. The number of carbonyl (C=O) groups excluding carboxylic acids is 1. The van der Waals surface area contributed by atoms with E-state index in [1.165, 1.54) is 19.3 Å². The highest BCUT2D eigenvalue weighted by Crippen LogP contribution is 2.61. The Kier molecular flexibility index (Phi) is 4.16. The molecule has 0 aliphatic heterocycles. The molecule has 3 fully saturated rings. The van der Waals surface area contributed by atoms with Gasteiger partial charge in [0.2, 0.25) is 5.91 Å². The second-order valence-electron chi connectivity index (χ2n) is 7.53. The normalized spacial score (nSPS) is 28.6. The largest absolute Gasteiger partial charge is 0.497 e. The quantitative estimate of drug-likeness (QED) is 0.905. The van der Waals surface area contributed by atoms with Gasteiger partial charge < -0.3 is 10.1 Å². The molecule has 120 valence electrons. The van der Waals surface area contributed by atoms with Crippen LogP contribution in [0.2, 0.25) is 0 Å². The first kappa shape index (κ1) is 15.4. The Morgan fingerprint density at radius 2 is 2.00 bits per heavy atom. The average molecular weight is 301 g/mol. The zero-order valence-electron chi connectivity index (χ0n) is 13.9. The number of hydrogen-bond acceptors (Lipinski definition) is 2. The van der Waals surface area contributed by atoms with E-state index in [9.17, 15) is 4.79 Å². The van der Waals surface area contributed by atoms with Gasteiger partial charge in [0, 0.05) is 6.54 Å². The van der Waals surface area contributed by atoms with Crippen molar-refractivity contribution in [3.8, 4) is 5.75 Å². The Morgan fingerprint density at radius 1 is 1.27 bits per heavy atom. The summed E-state index contributed by atoms with van der Waals surface area (Å²) in [5.74, 6) is 3.34. The van der Waals surface area contributed by atoms with Crippen LogP contribution in [-0.4, -0.2) is 19.6 Å². The Bertz CT molecular complexity index is 533. The number of benzene rings is 1. The summed E-state index contributed by atoms with van der Waals surface area (Å²) in [7, 11) is 1.65. The van der Waals surface area contributed by atoms with Crippen LogP contribution < -0.4 is 10.1 Å². The molecule has 3 heteroatoms. The molecule has 0 aromatic heterocycles. The van der Waals surface area contributed by atoms with Crippen molar-refractivity contribution >= 4 is 5.91 Å². The minimum Gasteiger partial charge on any atom is -0.497 e. The van der Waals surface area contributed by atoms with E-state index in [4.69, 9.17) is 4.74 Å². The summed E-state index contributed by atoms with van der Waals surface area (Å²) in [6.45, 7) is 5.64. The number of ether oxygens (including phenoxy) is 1. The van der Waals surface area contributed by atoms with E-state index >= 15 is 0 Å². The van der Waals surface area contributed by atoms with E-state index in [-0.39, 0.29) is 5.91 Å². The molecule has 1 aromatic rings. The lowest BCUT2D eigenvalue weighted by atomic mass is 9.45. The summed E-state index contributed by atoms with van der Waals surface area (Å²) in [6.07, 6.45) is 4.43. The Hall–Kier alpha value is -1.51. The number of methoxy groups -OCH3 is 1. The smallest absolute Gasteiger partial charge is 0.224 e. The van der Waals surface area contributed by atoms with Crippen molar-refractivity contribution in [2.75, 3.05) is 13.7 Å². The van der Waals surface area contributed by atoms with Crippen molar-refractivity contribution < 1.29 is 9.53 Å². The molecule has 3 aliphatic carbocycles. The third-order valence-electron chi connectivity index (χ3n) is 6.09. The molecule has 4 rings (SSSR count). The maximum Gasteiger partial charge on any atom is 0.224 e. The monoisotopic (exact) mass is 301 g/mol. The summed E-state index contributed by atoms with van der Waals surface area (Å²) >= 11 is 0. The molecule has 3 atom stereocenters. The Morgan fingerprint density at radius 3 is 2.59 bits per heavy atom. The fourth-order valence-corrected chi connectivity index (χ4v) is 4.44. The van der Waals surface area contributed by atoms with Crippen molar-refractivity contribution in [1.82, 2.24) is 5.32 Å². The molecule has 3 nitrogen and oxygen atoms in total. The lowest BCUT2D eigenvalue weighted by Crippen LogP contribution is -2.54. The van der Waals surface area contributed by atoms with Gasteiger partial charge >= 0.3 is 0 Å². The van der Waals surface area contributed by atoms with Crippen molar-refractivity contribution in [2.24, 2.45) is 23.2 Å². The number of rotatable bonds is 5. The van der Waals surface area contributed by atoms with Gasteiger partial charge in [-0.15, -0.1) is 0 Å².